The van der Waals surface area contributed by atoms with Crippen LogP contribution in [0.15, 0.2) is 59.5 Å². The second kappa shape index (κ2) is 9.75. The molecule has 8 heteroatoms. The molecule has 2 aromatic carbocycles. The van der Waals surface area contributed by atoms with Crippen LogP contribution in [0.4, 0.5) is 5.69 Å². The van der Waals surface area contributed by atoms with Gasteiger partial charge in [0.2, 0.25) is 5.91 Å². The molecule has 1 saturated heterocycles. The monoisotopic (exact) mass is 433 g/mol. The third-order valence-electron chi connectivity index (χ3n) is 4.91. The summed E-state index contributed by atoms with van der Waals surface area (Å²) in [5.41, 5.74) is 1.91. The maximum Gasteiger partial charge on any atom is 0.281 e. The first kappa shape index (κ1) is 21.8. The van der Waals surface area contributed by atoms with Gasteiger partial charge < -0.3 is 5.32 Å². The minimum Gasteiger partial charge on any atom is -0.326 e. The minimum absolute atomic E-state index is 0.130. The van der Waals surface area contributed by atoms with E-state index in [4.69, 9.17) is 0 Å². The van der Waals surface area contributed by atoms with Gasteiger partial charge in [0, 0.05) is 43.5 Å². The summed E-state index contributed by atoms with van der Waals surface area (Å²) in [6, 6.07) is 18.0. The summed E-state index contributed by atoms with van der Waals surface area (Å²) in [6.07, 6.45) is 1.37. The molecule has 0 aliphatic carbocycles. The molecule has 1 aliphatic rings. The first-order valence-corrected chi connectivity index (χ1v) is 12.0. The summed E-state index contributed by atoms with van der Waals surface area (Å²) in [5, 5.41) is 2.93. The highest BCUT2D eigenvalue weighted by molar-refractivity contribution is 7.98. The molecule has 1 heterocycles. The van der Waals surface area contributed by atoms with Crippen LogP contribution in [-0.4, -0.2) is 50.1 Å². The highest BCUT2D eigenvalue weighted by Crippen LogP contribution is 2.24. The Labute approximate surface area is 177 Å². The summed E-state index contributed by atoms with van der Waals surface area (Å²) >= 11 is 1.77. The van der Waals surface area contributed by atoms with Crippen molar-refractivity contribution in [2.45, 2.75) is 23.5 Å². The van der Waals surface area contributed by atoms with E-state index in [0.29, 0.717) is 19.4 Å². The molecule has 1 aliphatic heterocycles. The summed E-state index contributed by atoms with van der Waals surface area (Å²) in [4.78, 5) is 13.9. The zero-order chi connectivity index (χ0) is 20.9. The summed E-state index contributed by atoms with van der Waals surface area (Å²) in [6.45, 7) is 0.677. The lowest BCUT2D eigenvalue weighted by Crippen LogP contribution is -2.47. The fourth-order valence-corrected chi connectivity index (χ4v) is 5.27. The van der Waals surface area contributed by atoms with E-state index in [9.17, 15) is 13.2 Å². The Hall–Kier alpha value is -1.87. The lowest BCUT2D eigenvalue weighted by atomic mass is 9.98. The van der Waals surface area contributed by atoms with Crippen LogP contribution in [0.5, 0.6) is 0 Å². The largest absolute Gasteiger partial charge is 0.326 e. The van der Waals surface area contributed by atoms with Gasteiger partial charge in [-0.3, -0.25) is 4.79 Å². The number of carbonyl (C=O) groups is 1. The second-order valence-electron chi connectivity index (χ2n) is 7.28. The normalized spacial score (nSPS) is 18.0. The predicted octanol–water partition coefficient (Wildman–Crippen LogP) is 3.44. The van der Waals surface area contributed by atoms with Crippen LogP contribution < -0.4 is 5.32 Å². The van der Waals surface area contributed by atoms with Crippen molar-refractivity contribution in [1.29, 1.82) is 0 Å². The van der Waals surface area contributed by atoms with Gasteiger partial charge in [-0.25, -0.2) is 0 Å². The topological polar surface area (TPSA) is 69.7 Å². The molecule has 0 saturated carbocycles. The summed E-state index contributed by atoms with van der Waals surface area (Å²) < 4.78 is 27.3. The lowest BCUT2D eigenvalue weighted by molar-refractivity contribution is -0.120. The van der Waals surface area contributed by atoms with Gasteiger partial charge in [0.15, 0.2) is 0 Å². The van der Waals surface area contributed by atoms with Crippen LogP contribution in [-0.2, 0) is 20.8 Å². The molecular formula is C21H27N3O3S2. The predicted molar refractivity (Wildman–Crippen MR) is 118 cm³/mol. The van der Waals surface area contributed by atoms with Crippen molar-refractivity contribution in [2.75, 3.05) is 32.5 Å². The number of hydrogen-bond acceptors (Lipinski definition) is 4. The minimum atomic E-state index is -3.49. The fraction of sp³-hybridized carbons (Fsp3) is 0.381. The number of piperidine rings is 1. The Bertz CT molecular complexity index is 916. The van der Waals surface area contributed by atoms with Crippen LogP contribution in [0.25, 0.3) is 0 Å². The van der Waals surface area contributed by atoms with E-state index in [1.165, 1.54) is 33.2 Å². The SMILES string of the molecule is CN(C)S(=O)(=O)N1CCC[C@H](C(=O)Nc2ccc(CSc3ccccc3)cc2)C1. The maximum atomic E-state index is 12.7. The molecule has 2 aromatic rings. The average Bonchev–Trinajstić information content (AvgIpc) is 2.74. The van der Waals surface area contributed by atoms with Gasteiger partial charge in [-0.05, 0) is 42.7 Å². The van der Waals surface area contributed by atoms with Crippen LogP contribution in [0.3, 0.4) is 0 Å². The van der Waals surface area contributed by atoms with Crippen molar-refractivity contribution in [2.24, 2.45) is 5.92 Å². The van der Waals surface area contributed by atoms with E-state index in [1.54, 1.807) is 11.8 Å². The maximum absolute atomic E-state index is 12.7. The van der Waals surface area contributed by atoms with Crippen molar-refractivity contribution >= 4 is 33.6 Å². The number of carbonyl (C=O) groups excluding carboxylic acids is 1. The fourth-order valence-electron chi connectivity index (χ4n) is 3.21. The number of anilines is 1. The van der Waals surface area contributed by atoms with Gasteiger partial charge in [0.25, 0.3) is 10.2 Å². The molecule has 1 atom stereocenters. The van der Waals surface area contributed by atoms with Gasteiger partial charge >= 0.3 is 0 Å². The van der Waals surface area contributed by atoms with Crippen molar-refractivity contribution < 1.29 is 13.2 Å². The van der Waals surface area contributed by atoms with E-state index in [0.717, 1.165) is 11.4 Å². The standard InChI is InChI=1S/C21H27N3O3S2/c1-23(2)29(26,27)24-14-6-7-18(15-24)21(25)22-19-12-10-17(11-13-19)16-28-20-8-4-3-5-9-20/h3-5,8-13,18H,6-7,14-16H2,1-2H3,(H,22,25)/t18-/m0/s1. The van der Waals surface area contributed by atoms with Gasteiger partial charge in [-0.2, -0.15) is 17.0 Å². The van der Waals surface area contributed by atoms with Gasteiger partial charge in [-0.1, -0.05) is 30.3 Å². The molecule has 156 valence electrons. The zero-order valence-electron chi connectivity index (χ0n) is 16.7. The number of thioether (sulfide) groups is 1. The number of nitrogens with zero attached hydrogens (tertiary/aromatic N) is 2. The average molecular weight is 434 g/mol. The van der Waals surface area contributed by atoms with E-state index < -0.39 is 10.2 Å². The van der Waals surface area contributed by atoms with Crippen LogP contribution in [0.2, 0.25) is 0 Å². The molecule has 1 fully saturated rings. The highest BCUT2D eigenvalue weighted by atomic mass is 32.2. The van der Waals surface area contributed by atoms with Crippen molar-refractivity contribution in [3.05, 3.63) is 60.2 Å². The molecule has 0 unspecified atom stereocenters. The molecule has 3 rings (SSSR count). The molecule has 1 N–H and O–H groups in total. The Morgan fingerprint density at radius 3 is 2.48 bits per heavy atom. The third-order valence-corrected chi connectivity index (χ3v) is 7.90. The smallest absolute Gasteiger partial charge is 0.281 e. The summed E-state index contributed by atoms with van der Waals surface area (Å²) in [7, 11) is -0.469. The Morgan fingerprint density at radius 2 is 1.83 bits per heavy atom. The second-order valence-corrected chi connectivity index (χ2v) is 10.5. The number of benzene rings is 2. The van der Waals surface area contributed by atoms with E-state index in [1.807, 2.05) is 42.5 Å². The van der Waals surface area contributed by atoms with E-state index >= 15 is 0 Å². The number of amides is 1. The first-order valence-electron chi connectivity index (χ1n) is 9.61. The third kappa shape index (κ3) is 5.82. The summed E-state index contributed by atoms with van der Waals surface area (Å²) in [5.74, 6) is 0.389. The van der Waals surface area contributed by atoms with Crippen LogP contribution in [0, 0.1) is 5.92 Å². The molecule has 0 spiro atoms. The lowest BCUT2D eigenvalue weighted by Gasteiger charge is -2.32. The first-order chi connectivity index (χ1) is 13.9. The quantitative estimate of drug-likeness (QED) is 0.679. The van der Waals surface area contributed by atoms with Crippen LogP contribution >= 0.6 is 11.8 Å². The van der Waals surface area contributed by atoms with E-state index in [2.05, 4.69) is 17.4 Å². The number of nitrogens with one attached hydrogen (secondary N) is 1. The van der Waals surface area contributed by atoms with Gasteiger partial charge in [0.05, 0.1) is 5.92 Å². The molecule has 0 bridgehead atoms. The molecule has 6 nitrogen and oxygen atoms in total. The van der Waals surface area contributed by atoms with E-state index in [-0.39, 0.29) is 18.4 Å². The molecule has 1 amide bonds. The highest BCUT2D eigenvalue weighted by Gasteiger charge is 2.33. The molecular weight excluding hydrogens is 406 g/mol. The number of hydrogen-bond donors (Lipinski definition) is 1. The van der Waals surface area contributed by atoms with Gasteiger partial charge in [-0.15, -0.1) is 11.8 Å². The molecule has 0 aromatic heterocycles. The van der Waals surface area contributed by atoms with Crippen LogP contribution in [0.1, 0.15) is 18.4 Å². The Balaban J connectivity index is 1.55. The Morgan fingerprint density at radius 1 is 1.14 bits per heavy atom. The van der Waals surface area contributed by atoms with Crippen molar-refractivity contribution in [1.82, 2.24) is 8.61 Å². The van der Waals surface area contributed by atoms with Gasteiger partial charge in [0.1, 0.15) is 0 Å². The zero-order valence-corrected chi connectivity index (χ0v) is 18.4. The molecule has 0 radical (unpaired) electrons. The Kier molecular flexibility index (Phi) is 7.34. The number of rotatable bonds is 7. The van der Waals surface area contributed by atoms with Crippen molar-refractivity contribution in [3.8, 4) is 0 Å². The molecule has 29 heavy (non-hydrogen) atoms. The van der Waals surface area contributed by atoms with Crippen molar-refractivity contribution in [3.63, 3.8) is 0 Å².